The summed E-state index contributed by atoms with van der Waals surface area (Å²) in [5.74, 6) is 2.86. The van der Waals surface area contributed by atoms with Crippen LogP contribution in [0.4, 0.5) is 0 Å². The maximum atomic E-state index is 10.1. The Kier molecular flexibility index (Phi) is 14.8. The van der Waals surface area contributed by atoms with E-state index >= 15 is 0 Å². The minimum absolute atomic E-state index is 0.189. The van der Waals surface area contributed by atoms with Gasteiger partial charge in [0.25, 0.3) is 0 Å². The monoisotopic (exact) mass is 1100 g/mol. The molecule has 0 radical (unpaired) electrons. The zero-order valence-corrected chi connectivity index (χ0v) is 46.7. The fourth-order valence-corrected chi connectivity index (χ4v) is 18.0. The molecular weight excluding hydrogens is 1040 g/mol. The van der Waals surface area contributed by atoms with Crippen molar-refractivity contribution in [3.05, 3.63) is 270 Å². The van der Waals surface area contributed by atoms with E-state index in [0.29, 0.717) is 34.5 Å². The Labute approximate surface area is 456 Å². The molecule has 1 aliphatic rings. The van der Waals surface area contributed by atoms with Gasteiger partial charge in [-0.25, -0.2) is 0 Å². The summed E-state index contributed by atoms with van der Waals surface area (Å²) in [6.07, 6.45) is 0. The topological polar surface area (TPSA) is 153 Å². The molecular formula is C63H60N3O9P3. The van der Waals surface area contributed by atoms with Crippen molar-refractivity contribution in [1.29, 1.82) is 0 Å². The predicted molar refractivity (Wildman–Crippen MR) is 311 cm³/mol. The Morgan fingerprint density at radius 1 is 0.244 bits per heavy atom. The van der Waals surface area contributed by atoms with Gasteiger partial charge in [-0.05, 0) is 143 Å². The fourth-order valence-electron chi connectivity index (χ4n) is 8.96. The zero-order valence-electron chi connectivity index (χ0n) is 44.0. The number of phenolic OH excluding ortho intramolecular Hbond substituents is 3. The Hall–Kier alpha value is -8.13. The molecule has 9 aromatic rings. The third-order valence-corrected chi connectivity index (χ3v) is 21.9. The molecule has 0 aliphatic carbocycles. The zero-order chi connectivity index (χ0) is 54.6. The van der Waals surface area contributed by atoms with Crippen LogP contribution in [-0.4, -0.2) is 15.3 Å². The number of hydrogen-bond acceptors (Lipinski definition) is 12. The van der Waals surface area contributed by atoms with Crippen LogP contribution in [0.25, 0.3) is 0 Å². The van der Waals surface area contributed by atoms with E-state index in [1.807, 2.05) is 164 Å². The third kappa shape index (κ3) is 11.9. The van der Waals surface area contributed by atoms with Gasteiger partial charge in [0.1, 0.15) is 51.7 Å². The van der Waals surface area contributed by atoms with Crippen molar-refractivity contribution in [1.82, 2.24) is 0 Å². The first-order valence-corrected chi connectivity index (χ1v) is 29.9. The number of rotatable bonds is 18. The van der Waals surface area contributed by atoms with Crippen LogP contribution in [0.3, 0.4) is 0 Å². The van der Waals surface area contributed by atoms with E-state index in [0.717, 1.165) is 33.4 Å². The summed E-state index contributed by atoms with van der Waals surface area (Å²) in [6.45, 7) is 12.7. The normalized spacial score (nSPS) is 18.2. The summed E-state index contributed by atoms with van der Waals surface area (Å²) in [4.78, 5) is 0. The number of benzene rings is 9. The van der Waals surface area contributed by atoms with E-state index in [4.69, 9.17) is 40.7 Å². The number of para-hydroxylation sites is 3. The molecule has 0 fully saturated rings. The minimum atomic E-state index is -4.22. The molecule has 0 aromatic heterocycles. The lowest BCUT2D eigenvalue weighted by atomic mass is 9.78. The first kappa shape index (κ1) is 53.3. The maximum Gasteiger partial charge on any atom is 0.460 e. The van der Waals surface area contributed by atoms with E-state index < -0.39 is 39.2 Å². The molecule has 10 rings (SSSR count). The molecule has 1 aliphatic heterocycles. The largest absolute Gasteiger partial charge is 0.508 e. The highest BCUT2D eigenvalue weighted by Crippen LogP contribution is 2.78. The van der Waals surface area contributed by atoms with Crippen LogP contribution in [0.1, 0.15) is 74.9 Å². The molecule has 1 heterocycles. The van der Waals surface area contributed by atoms with Crippen molar-refractivity contribution < 1.29 is 42.5 Å². The second-order valence-corrected chi connectivity index (χ2v) is 26.5. The first-order valence-electron chi connectivity index (χ1n) is 25.4. The summed E-state index contributed by atoms with van der Waals surface area (Å²) < 4.78 is 59.3. The van der Waals surface area contributed by atoms with Crippen LogP contribution in [-0.2, 0) is 16.2 Å². The molecule has 396 valence electrons. The molecule has 0 saturated carbocycles. The van der Waals surface area contributed by atoms with E-state index in [2.05, 4.69) is 41.5 Å². The van der Waals surface area contributed by atoms with Crippen molar-refractivity contribution >= 4 is 23.0 Å². The Morgan fingerprint density at radius 2 is 0.410 bits per heavy atom. The second kappa shape index (κ2) is 21.7. The van der Waals surface area contributed by atoms with Crippen LogP contribution in [0.5, 0.6) is 51.7 Å². The molecule has 0 atom stereocenters. The molecule has 3 N–H and O–H groups in total. The Bertz CT molecular complexity index is 3270. The van der Waals surface area contributed by atoms with Crippen molar-refractivity contribution in [2.75, 3.05) is 0 Å². The molecule has 78 heavy (non-hydrogen) atoms. The average Bonchev–Trinajstić information content (AvgIpc) is 3.56. The summed E-state index contributed by atoms with van der Waals surface area (Å²) in [6, 6.07) is 72.1. The van der Waals surface area contributed by atoms with Crippen LogP contribution < -0.4 is 27.1 Å². The van der Waals surface area contributed by atoms with Gasteiger partial charge in [-0.2, -0.15) is 0 Å². The first-order chi connectivity index (χ1) is 37.4. The van der Waals surface area contributed by atoms with E-state index in [-0.39, 0.29) is 17.2 Å². The number of phenols is 3. The predicted octanol–water partition coefficient (Wildman–Crippen LogP) is 18.4. The number of nitrogens with zero attached hydrogens (tertiary/aromatic N) is 3. The lowest BCUT2D eigenvalue weighted by Gasteiger charge is -2.33. The van der Waals surface area contributed by atoms with Crippen molar-refractivity contribution in [2.24, 2.45) is 13.5 Å². The van der Waals surface area contributed by atoms with Crippen LogP contribution in [0.15, 0.2) is 250 Å². The molecule has 15 heteroatoms. The van der Waals surface area contributed by atoms with Gasteiger partial charge >= 0.3 is 23.0 Å². The van der Waals surface area contributed by atoms with Gasteiger partial charge in [-0.15, -0.1) is 0 Å². The number of hydrogen-bond donors (Lipinski definition) is 3. The van der Waals surface area contributed by atoms with Crippen LogP contribution in [0, 0.1) is 0 Å². The SMILES string of the molecule is CC(C)(c1ccc(O)cc1)c1ccc(OP2(Oc3ccccc3)=NP(Oc3ccccc3)(Oc3ccc(C(C)(C)c4ccc(O)cc4)cc3)=NP(Oc3ccccc3)(Oc3ccc(C(C)(C)c4ccc(O)cc4)cc3)=N2)cc1. The highest BCUT2D eigenvalue weighted by Gasteiger charge is 2.49. The average molecular weight is 1100 g/mol. The van der Waals surface area contributed by atoms with E-state index in [9.17, 15) is 15.3 Å². The van der Waals surface area contributed by atoms with Gasteiger partial charge in [0.05, 0.1) is 0 Å². The quantitative estimate of drug-likeness (QED) is 0.0713. The fraction of sp³-hybridized carbons (Fsp3) is 0.143. The van der Waals surface area contributed by atoms with Crippen molar-refractivity contribution in [2.45, 2.75) is 57.8 Å². The van der Waals surface area contributed by atoms with Gasteiger partial charge < -0.3 is 42.5 Å². The number of aromatic hydroxyl groups is 3. The van der Waals surface area contributed by atoms with Gasteiger partial charge in [0, 0.05) is 16.2 Å². The third-order valence-electron chi connectivity index (χ3n) is 13.7. The van der Waals surface area contributed by atoms with E-state index in [1.54, 1.807) is 72.8 Å². The molecule has 0 spiro atoms. The van der Waals surface area contributed by atoms with Gasteiger partial charge in [-0.1, -0.05) is 182 Å². The summed E-state index contributed by atoms with van der Waals surface area (Å²) >= 11 is 0. The molecule has 9 aromatic carbocycles. The molecule has 0 unspecified atom stereocenters. The van der Waals surface area contributed by atoms with Crippen LogP contribution >= 0.6 is 23.0 Å². The summed E-state index contributed by atoms with van der Waals surface area (Å²) in [5.41, 5.74) is 4.58. The molecule has 0 saturated heterocycles. The highest BCUT2D eigenvalue weighted by atomic mass is 31.3. The molecule has 0 bridgehead atoms. The Balaban J connectivity index is 1.19. The summed E-state index contributed by atoms with van der Waals surface area (Å²) in [5, 5.41) is 30.3. The highest BCUT2D eigenvalue weighted by molar-refractivity contribution is 7.79. The maximum absolute atomic E-state index is 10.1. The van der Waals surface area contributed by atoms with Gasteiger partial charge in [0.15, 0.2) is 0 Å². The van der Waals surface area contributed by atoms with Gasteiger partial charge in [0.2, 0.25) is 0 Å². The molecule has 0 amide bonds. The smallest absolute Gasteiger partial charge is 0.460 e. The standard InChI is InChI=1S/C63H60N3O9P3/c1-61(2,46-22-34-52(67)35-23-46)49-28-40-58(41-29-49)73-76(70-55-16-10-7-11-17-55)64-77(71-56-18-12-8-13-19-56,74-59-42-30-50(31-43-59)62(3,4)47-24-36-53(68)37-25-47)66-78(65-76,72-57-20-14-9-15-21-57)75-60-44-32-51(33-45-60)63(5,6)48-26-38-54(69)39-27-48/h7-45,67-69H,1-6H3. The lowest BCUT2D eigenvalue weighted by molar-refractivity contribution is 0.442. The van der Waals surface area contributed by atoms with Gasteiger partial charge in [-0.3, -0.25) is 0 Å². The second-order valence-electron chi connectivity index (χ2n) is 20.3. The van der Waals surface area contributed by atoms with Crippen molar-refractivity contribution in [3.8, 4) is 51.7 Å². The van der Waals surface area contributed by atoms with Crippen LogP contribution in [0.2, 0.25) is 0 Å². The minimum Gasteiger partial charge on any atom is -0.508 e. The molecule has 12 nitrogen and oxygen atoms in total. The van der Waals surface area contributed by atoms with Crippen molar-refractivity contribution in [3.63, 3.8) is 0 Å². The lowest BCUT2D eigenvalue weighted by Crippen LogP contribution is -2.18. The van der Waals surface area contributed by atoms with E-state index in [1.165, 1.54) is 0 Å². The summed E-state index contributed by atoms with van der Waals surface area (Å²) in [7, 11) is -12.7. The Morgan fingerprint density at radius 3 is 0.603 bits per heavy atom.